The van der Waals surface area contributed by atoms with Gasteiger partial charge in [-0.05, 0) is 19.1 Å². The van der Waals surface area contributed by atoms with Crippen molar-refractivity contribution in [1.82, 2.24) is 4.98 Å². The number of sulfonamides is 1. The summed E-state index contributed by atoms with van der Waals surface area (Å²) < 4.78 is 23.8. The van der Waals surface area contributed by atoms with Crippen LogP contribution in [0.3, 0.4) is 0 Å². The zero-order chi connectivity index (χ0) is 12.3. The predicted octanol–water partition coefficient (Wildman–Crippen LogP) is 0.566. The molecule has 1 heterocycles. The van der Waals surface area contributed by atoms with Crippen molar-refractivity contribution in [2.45, 2.75) is 6.92 Å². The SMILES string of the molecule is CCN(c1ccc(C(=O)O)cn1)S(C)(=O)=O. The summed E-state index contributed by atoms with van der Waals surface area (Å²) in [6, 6.07) is 2.69. The van der Waals surface area contributed by atoms with Crippen molar-refractivity contribution >= 4 is 21.8 Å². The molecule has 0 unspecified atom stereocenters. The van der Waals surface area contributed by atoms with E-state index in [9.17, 15) is 13.2 Å². The second-order valence-electron chi connectivity index (χ2n) is 3.14. The van der Waals surface area contributed by atoms with Gasteiger partial charge in [-0.15, -0.1) is 0 Å². The van der Waals surface area contributed by atoms with E-state index in [-0.39, 0.29) is 17.9 Å². The monoisotopic (exact) mass is 244 g/mol. The molecular weight excluding hydrogens is 232 g/mol. The summed E-state index contributed by atoms with van der Waals surface area (Å²) in [6.45, 7) is 1.92. The van der Waals surface area contributed by atoms with Gasteiger partial charge in [-0.3, -0.25) is 4.31 Å². The van der Waals surface area contributed by atoms with Crippen molar-refractivity contribution < 1.29 is 18.3 Å². The van der Waals surface area contributed by atoms with Gasteiger partial charge in [0.25, 0.3) is 0 Å². The van der Waals surface area contributed by atoms with Gasteiger partial charge >= 0.3 is 5.97 Å². The summed E-state index contributed by atoms with van der Waals surface area (Å²) in [4.78, 5) is 14.4. The zero-order valence-electron chi connectivity index (χ0n) is 8.91. The van der Waals surface area contributed by atoms with Crippen LogP contribution in [0.25, 0.3) is 0 Å². The number of anilines is 1. The van der Waals surface area contributed by atoms with E-state index in [4.69, 9.17) is 5.11 Å². The molecule has 6 nitrogen and oxygen atoms in total. The van der Waals surface area contributed by atoms with E-state index in [1.807, 2.05) is 0 Å². The number of hydrogen-bond acceptors (Lipinski definition) is 4. The Morgan fingerprint density at radius 1 is 1.50 bits per heavy atom. The standard InChI is InChI=1S/C9H12N2O4S/c1-3-11(16(2,14)15)8-5-4-7(6-10-8)9(12)13/h4-6H,3H2,1-2H3,(H,12,13). The molecule has 0 bridgehead atoms. The number of pyridine rings is 1. The third-order valence-electron chi connectivity index (χ3n) is 1.94. The fraction of sp³-hybridized carbons (Fsp3) is 0.333. The Morgan fingerprint density at radius 2 is 2.12 bits per heavy atom. The van der Waals surface area contributed by atoms with Crippen LogP contribution in [0.1, 0.15) is 17.3 Å². The molecular formula is C9H12N2O4S. The highest BCUT2D eigenvalue weighted by atomic mass is 32.2. The molecule has 1 rings (SSSR count). The summed E-state index contributed by atoms with van der Waals surface area (Å²) in [5.41, 5.74) is 0.0216. The van der Waals surface area contributed by atoms with Crippen LogP contribution in [0.4, 0.5) is 5.82 Å². The summed E-state index contributed by atoms with van der Waals surface area (Å²) in [5.74, 6) is -0.878. The molecule has 0 aromatic carbocycles. The molecule has 7 heteroatoms. The van der Waals surface area contributed by atoms with Crippen molar-refractivity contribution in [3.05, 3.63) is 23.9 Å². The maximum absolute atomic E-state index is 11.4. The van der Waals surface area contributed by atoms with Gasteiger partial charge in [0.2, 0.25) is 10.0 Å². The fourth-order valence-corrected chi connectivity index (χ4v) is 2.14. The number of carbonyl (C=O) groups is 1. The molecule has 88 valence electrons. The van der Waals surface area contributed by atoms with Crippen molar-refractivity contribution in [3.8, 4) is 0 Å². The number of carboxylic acid groups (broad SMARTS) is 1. The number of aromatic nitrogens is 1. The van der Waals surface area contributed by atoms with Crippen LogP contribution >= 0.6 is 0 Å². The predicted molar refractivity (Wildman–Crippen MR) is 59.1 cm³/mol. The second-order valence-corrected chi connectivity index (χ2v) is 5.04. The highest BCUT2D eigenvalue weighted by molar-refractivity contribution is 7.92. The van der Waals surface area contributed by atoms with E-state index in [1.165, 1.54) is 12.1 Å². The van der Waals surface area contributed by atoms with Crippen LogP contribution < -0.4 is 4.31 Å². The molecule has 0 fully saturated rings. The lowest BCUT2D eigenvalue weighted by Crippen LogP contribution is -2.30. The molecule has 0 aliphatic carbocycles. The van der Waals surface area contributed by atoms with Gasteiger partial charge in [-0.25, -0.2) is 18.2 Å². The number of nitrogens with zero attached hydrogens (tertiary/aromatic N) is 2. The Kier molecular flexibility index (Phi) is 3.48. The number of aromatic carboxylic acids is 1. The van der Waals surface area contributed by atoms with Crippen molar-refractivity contribution in [2.75, 3.05) is 17.1 Å². The van der Waals surface area contributed by atoms with Crippen LogP contribution in [0.5, 0.6) is 0 Å². The molecule has 0 amide bonds. The first kappa shape index (κ1) is 12.4. The third-order valence-corrected chi connectivity index (χ3v) is 3.18. The Hall–Kier alpha value is -1.63. The van der Waals surface area contributed by atoms with Gasteiger partial charge < -0.3 is 5.11 Å². The summed E-state index contributed by atoms with van der Waals surface area (Å²) in [6.07, 6.45) is 2.20. The van der Waals surface area contributed by atoms with E-state index < -0.39 is 16.0 Å². The molecule has 0 spiro atoms. The van der Waals surface area contributed by atoms with E-state index in [0.29, 0.717) is 0 Å². The van der Waals surface area contributed by atoms with Crippen molar-refractivity contribution in [1.29, 1.82) is 0 Å². The lowest BCUT2D eigenvalue weighted by molar-refractivity contribution is 0.0696. The molecule has 0 aliphatic heterocycles. The fourth-order valence-electron chi connectivity index (χ4n) is 1.23. The molecule has 0 radical (unpaired) electrons. The van der Waals surface area contributed by atoms with Crippen molar-refractivity contribution in [3.63, 3.8) is 0 Å². The van der Waals surface area contributed by atoms with Crippen LogP contribution in [-0.2, 0) is 10.0 Å². The first-order chi connectivity index (χ1) is 7.36. The maximum Gasteiger partial charge on any atom is 0.337 e. The second kappa shape index (κ2) is 4.48. The van der Waals surface area contributed by atoms with Crippen LogP contribution in [0.15, 0.2) is 18.3 Å². The molecule has 0 saturated carbocycles. The Labute approximate surface area is 93.6 Å². The minimum Gasteiger partial charge on any atom is -0.478 e. The lowest BCUT2D eigenvalue weighted by atomic mass is 10.3. The summed E-state index contributed by atoms with van der Waals surface area (Å²) in [7, 11) is -3.38. The molecule has 1 aromatic rings. The molecule has 0 aliphatic rings. The molecule has 16 heavy (non-hydrogen) atoms. The average Bonchev–Trinajstić information content (AvgIpc) is 2.17. The highest BCUT2D eigenvalue weighted by Crippen LogP contribution is 2.14. The van der Waals surface area contributed by atoms with E-state index in [1.54, 1.807) is 6.92 Å². The lowest BCUT2D eigenvalue weighted by Gasteiger charge is -2.18. The Morgan fingerprint density at radius 3 is 2.44 bits per heavy atom. The van der Waals surface area contributed by atoms with Gasteiger partial charge in [-0.1, -0.05) is 0 Å². The first-order valence-corrected chi connectivity index (χ1v) is 6.38. The minimum atomic E-state index is -3.38. The molecule has 1 aromatic heterocycles. The van der Waals surface area contributed by atoms with E-state index in [2.05, 4.69) is 4.98 Å². The largest absolute Gasteiger partial charge is 0.478 e. The van der Waals surface area contributed by atoms with E-state index >= 15 is 0 Å². The molecule has 0 saturated heterocycles. The van der Waals surface area contributed by atoms with E-state index in [0.717, 1.165) is 16.8 Å². The smallest absolute Gasteiger partial charge is 0.337 e. The maximum atomic E-state index is 11.4. The minimum absolute atomic E-state index is 0.0216. The van der Waals surface area contributed by atoms with Gasteiger partial charge in [0.1, 0.15) is 5.82 Å². The van der Waals surface area contributed by atoms with Gasteiger partial charge in [-0.2, -0.15) is 0 Å². The van der Waals surface area contributed by atoms with Crippen LogP contribution in [-0.4, -0.2) is 37.3 Å². The zero-order valence-corrected chi connectivity index (χ0v) is 9.73. The summed E-state index contributed by atoms with van der Waals surface area (Å²) in [5, 5.41) is 8.66. The normalized spacial score (nSPS) is 11.1. The average molecular weight is 244 g/mol. The first-order valence-electron chi connectivity index (χ1n) is 4.53. The number of hydrogen-bond donors (Lipinski definition) is 1. The molecule has 1 N–H and O–H groups in total. The highest BCUT2D eigenvalue weighted by Gasteiger charge is 2.16. The van der Waals surface area contributed by atoms with Gasteiger partial charge in [0.05, 0.1) is 11.8 Å². The number of carboxylic acids is 1. The number of rotatable bonds is 4. The van der Waals surface area contributed by atoms with Crippen LogP contribution in [0.2, 0.25) is 0 Å². The molecule has 0 atom stereocenters. The Bertz CT molecular complexity index is 481. The van der Waals surface area contributed by atoms with Gasteiger partial charge in [0, 0.05) is 12.7 Å². The summed E-state index contributed by atoms with van der Waals surface area (Å²) >= 11 is 0. The third kappa shape index (κ3) is 2.69. The van der Waals surface area contributed by atoms with Crippen LogP contribution in [0, 0.1) is 0 Å². The Balaban J connectivity index is 3.10. The van der Waals surface area contributed by atoms with Gasteiger partial charge in [0.15, 0.2) is 0 Å². The van der Waals surface area contributed by atoms with Crippen molar-refractivity contribution in [2.24, 2.45) is 0 Å². The quantitative estimate of drug-likeness (QED) is 0.836. The topological polar surface area (TPSA) is 87.6 Å².